The second-order valence-corrected chi connectivity index (χ2v) is 9.78. The van der Waals surface area contributed by atoms with E-state index in [2.05, 4.69) is 32.1 Å². The quantitative estimate of drug-likeness (QED) is 0.316. The molecule has 0 aliphatic rings. The third kappa shape index (κ3) is 6.57. The maximum Gasteiger partial charge on any atom is 0.414 e. The maximum atomic E-state index is 13.1. The van der Waals surface area contributed by atoms with Gasteiger partial charge >= 0.3 is 6.09 Å². The number of anilines is 2. The zero-order valence-electron chi connectivity index (χ0n) is 22.1. The van der Waals surface area contributed by atoms with E-state index in [9.17, 15) is 9.59 Å². The van der Waals surface area contributed by atoms with Gasteiger partial charge in [0, 0.05) is 18.7 Å². The summed E-state index contributed by atoms with van der Waals surface area (Å²) in [7, 11) is 1.52. The van der Waals surface area contributed by atoms with E-state index >= 15 is 0 Å². The minimum atomic E-state index is -0.697. The Hall–Kier alpha value is -4.19. The molecule has 13 heteroatoms. The number of nitrogens with two attached hydrogens (primary N) is 1. The van der Waals surface area contributed by atoms with Crippen LogP contribution >= 0.6 is 11.6 Å². The highest BCUT2D eigenvalue weighted by molar-refractivity contribution is 6.29. The third-order valence-electron chi connectivity index (χ3n) is 5.15. The van der Waals surface area contributed by atoms with Gasteiger partial charge in [-0.25, -0.2) is 19.3 Å². The van der Waals surface area contributed by atoms with Crippen LogP contribution in [0.3, 0.4) is 0 Å². The number of allylic oxidation sites excluding steroid dienone is 1. The van der Waals surface area contributed by atoms with E-state index in [1.807, 2.05) is 6.92 Å². The van der Waals surface area contributed by atoms with E-state index in [0.29, 0.717) is 28.5 Å². The molecule has 0 spiro atoms. The normalized spacial score (nSPS) is 12.7. The zero-order chi connectivity index (χ0) is 28.2. The minimum Gasteiger partial charge on any atom is -0.491 e. The van der Waals surface area contributed by atoms with E-state index in [1.54, 1.807) is 39.8 Å². The molecule has 0 fully saturated rings. The van der Waals surface area contributed by atoms with Gasteiger partial charge in [0.1, 0.15) is 23.8 Å². The van der Waals surface area contributed by atoms with Crippen molar-refractivity contribution in [3.8, 4) is 0 Å². The first-order valence-electron chi connectivity index (χ1n) is 11.7. The lowest BCUT2D eigenvalue weighted by atomic mass is 10.1. The van der Waals surface area contributed by atoms with Gasteiger partial charge in [-0.05, 0) is 53.5 Å². The minimum absolute atomic E-state index is 0.0623. The maximum absolute atomic E-state index is 13.1. The molecule has 202 valence electrons. The largest absolute Gasteiger partial charge is 0.491 e. The summed E-state index contributed by atoms with van der Waals surface area (Å²) in [5.74, 6) is 0.366. The van der Waals surface area contributed by atoms with Gasteiger partial charge in [0.15, 0.2) is 16.5 Å². The second kappa shape index (κ2) is 11.5. The number of halogens is 1. The summed E-state index contributed by atoms with van der Waals surface area (Å²) >= 11 is 6.22. The molecule has 0 aliphatic carbocycles. The molecule has 0 radical (unpaired) electrons. The molecule has 0 aliphatic heterocycles. The van der Waals surface area contributed by atoms with Crippen molar-refractivity contribution in [1.82, 2.24) is 24.9 Å². The number of carbonyl (C=O) groups excluding carboxylic acids is 2. The lowest BCUT2D eigenvalue weighted by molar-refractivity contribution is 0.0589. The molecule has 3 rings (SSSR count). The van der Waals surface area contributed by atoms with Crippen LogP contribution in [0.4, 0.5) is 22.0 Å². The fourth-order valence-electron chi connectivity index (χ4n) is 3.41. The number of amides is 2. The van der Waals surface area contributed by atoms with Gasteiger partial charge in [-0.15, -0.1) is 0 Å². The molecule has 0 saturated carbocycles. The van der Waals surface area contributed by atoms with Gasteiger partial charge in [0.2, 0.25) is 0 Å². The molecule has 0 aromatic carbocycles. The van der Waals surface area contributed by atoms with Crippen molar-refractivity contribution in [2.24, 2.45) is 4.99 Å². The van der Waals surface area contributed by atoms with Crippen LogP contribution in [-0.4, -0.2) is 63.6 Å². The predicted molar refractivity (Wildman–Crippen MR) is 147 cm³/mol. The summed E-state index contributed by atoms with van der Waals surface area (Å²) in [6.07, 6.45) is 4.02. The molecule has 0 saturated heterocycles. The summed E-state index contributed by atoms with van der Waals surface area (Å²) in [5.41, 5.74) is 6.98. The van der Waals surface area contributed by atoms with Crippen molar-refractivity contribution < 1.29 is 19.1 Å². The number of carbonyl (C=O) groups is 2. The van der Waals surface area contributed by atoms with Gasteiger partial charge in [-0.1, -0.05) is 11.6 Å². The summed E-state index contributed by atoms with van der Waals surface area (Å²) < 4.78 is 12.6. The molecule has 3 aromatic rings. The zero-order valence-corrected chi connectivity index (χ0v) is 22.9. The van der Waals surface area contributed by atoms with Gasteiger partial charge in [-0.3, -0.25) is 14.7 Å². The van der Waals surface area contributed by atoms with Crippen LogP contribution in [0, 0.1) is 0 Å². The number of aliphatic imine (C=N–C) groups is 1. The number of rotatable bonds is 8. The summed E-state index contributed by atoms with van der Waals surface area (Å²) in [4.78, 5) is 39.2. The van der Waals surface area contributed by atoms with E-state index < -0.39 is 23.6 Å². The fraction of sp³-hybridized carbons (Fsp3) is 0.360. The van der Waals surface area contributed by atoms with Crippen molar-refractivity contribution in [3.05, 3.63) is 47.0 Å². The monoisotopic (exact) mass is 542 g/mol. The third-order valence-corrected chi connectivity index (χ3v) is 5.33. The number of nitrogen functional groups attached to an aromatic ring is 1. The second-order valence-electron chi connectivity index (χ2n) is 9.39. The van der Waals surface area contributed by atoms with E-state index in [4.69, 9.17) is 26.8 Å². The Morgan fingerprint density at radius 2 is 2.03 bits per heavy atom. The lowest BCUT2D eigenvalue weighted by Gasteiger charge is -2.24. The van der Waals surface area contributed by atoms with Crippen LogP contribution in [0.25, 0.3) is 11.4 Å². The van der Waals surface area contributed by atoms with Crippen molar-refractivity contribution in [2.45, 2.75) is 46.3 Å². The fourth-order valence-corrected chi connectivity index (χ4v) is 3.59. The Bertz CT molecular complexity index is 1400. The molecule has 3 heterocycles. The Labute approximate surface area is 225 Å². The summed E-state index contributed by atoms with van der Waals surface area (Å²) in [6, 6.07) is 2.70. The molecule has 2 amide bonds. The molecule has 38 heavy (non-hydrogen) atoms. The molecule has 12 nitrogen and oxygen atoms in total. The lowest BCUT2D eigenvalue weighted by Crippen LogP contribution is -2.36. The SMILES string of the molecule is C=Nc1cnc(N)cc1/C(=C\C)OCC(C)NC(=O)c1cnc2c(N(C)C(=O)OC(C)(C)C)cc(Cl)nn12. The molecular formula is C25H31ClN8O4. The number of hydrogen-bond donors (Lipinski definition) is 2. The van der Waals surface area contributed by atoms with Crippen molar-refractivity contribution >= 4 is 58.9 Å². The predicted octanol–water partition coefficient (Wildman–Crippen LogP) is 4.26. The van der Waals surface area contributed by atoms with Crippen molar-refractivity contribution in [2.75, 3.05) is 24.3 Å². The number of nitrogens with one attached hydrogen (secondary N) is 1. The highest BCUT2D eigenvalue weighted by Crippen LogP contribution is 2.28. The molecule has 1 unspecified atom stereocenters. The van der Waals surface area contributed by atoms with E-state index in [1.165, 1.54) is 34.9 Å². The van der Waals surface area contributed by atoms with Gasteiger partial charge in [-0.2, -0.15) is 5.10 Å². The van der Waals surface area contributed by atoms with Crippen LogP contribution in [-0.2, 0) is 9.47 Å². The summed E-state index contributed by atoms with van der Waals surface area (Å²) in [6.45, 7) is 12.6. The number of ether oxygens (including phenoxy) is 2. The Balaban J connectivity index is 1.76. The van der Waals surface area contributed by atoms with Gasteiger partial charge in [0.05, 0.1) is 29.8 Å². The average Bonchev–Trinajstić information content (AvgIpc) is 3.26. The average molecular weight is 543 g/mol. The number of fused-ring (bicyclic) bond motifs is 1. The van der Waals surface area contributed by atoms with Crippen LogP contribution in [0.1, 0.15) is 50.7 Å². The Morgan fingerprint density at radius 3 is 2.66 bits per heavy atom. The number of nitrogens with zero attached hydrogens (tertiary/aromatic N) is 6. The molecule has 3 aromatic heterocycles. The molecule has 1 atom stereocenters. The van der Waals surface area contributed by atoms with Crippen LogP contribution in [0.15, 0.2) is 35.6 Å². The first kappa shape index (κ1) is 28.4. The highest BCUT2D eigenvalue weighted by Gasteiger charge is 2.25. The number of aromatic nitrogens is 4. The number of imidazole rings is 1. The van der Waals surface area contributed by atoms with E-state index in [0.717, 1.165) is 0 Å². The Kier molecular flexibility index (Phi) is 8.56. The summed E-state index contributed by atoms with van der Waals surface area (Å²) in [5, 5.41) is 7.12. The smallest absolute Gasteiger partial charge is 0.414 e. The van der Waals surface area contributed by atoms with E-state index in [-0.39, 0.29) is 23.1 Å². The molecular weight excluding hydrogens is 512 g/mol. The van der Waals surface area contributed by atoms with Crippen LogP contribution in [0.2, 0.25) is 5.15 Å². The number of pyridine rings is 1. The first-order chi connectivity index (χ1) is 17.8. The van der Waals surface area contributed by atoms with Crippen molar-refractivity contribution in [3.63, 3.8) is 0 Å². The standard InChI is InChI=1S/C25H31ClN8O4/c1-8-19(15-9-21(27)29-11-16(15)28-6)37-13-14(2)31-23(35)18-12-30-22-17(10-20(26)32-34(18)22)33(7)24(36)38-25(3,4)5/h8-12,14H,6,13H2,1-5,7H3,(H2,27,29)(H,31,35)/b19-8+. The van der Waals surface area contributed by atoms with Crippen molar-refractivity contribution in [1.29, 1.82) is 0 Å². The topological polar surface area (TPSA) is 149 Å². The van der Waals surface area contributed by atoms with Gasteiger partial charge < -0.3 is 20.5 Å². The molecule has 3 N–H and O–H groups in total. The van der Waals surface area contributed by atoms with Crippen LogP contribution < -0.4 is 16.0 Å². The van der Waals surface area contributed by atoms with Gasteiger partial charge in [0.25, 0.3) is 5.91 Å². The van der Waals surface area contributed by atoms with Crippen LogP contribution in [0.5, 0.6) is 0 Å². The molecule has 0 bridgehead atoms. The number of hydrogen-bond acceptors (Lipinski definition) is 9. The highest BCUT2D eigenvalue weighted by atomic mass is 35.5. The first-order valence-corrected chi connectivity index (χ1v) is 12.1. The Morgan fingerprint density at radius 1 is 1.32 bits per heavy atom.